The molecule has 160 valence electrons. The number of nitro groups is 1. The van der Waals surface area contributed by atoms with Crippen molar-refractivity contribution >= 4 is 51.9 Å². The molecule has 0 spiro atoms. The molecule has 3 rings (SSSR count). The molecule has 1 N–H and O–H groups in total. The van der Waals surface area contributed by atoms with Gasteiger partial charge in [-0.05, 0) is 47.9 Å². The molecule has 0 atom stereocenters. The lowest BCUT2D eigenvalue weighted by Crippen LogP contribution is -2.29. The number of thiocarbonyl (C=S) groups is 1. The molecule has 0 saturated carbocycles. The Kier molecular flexibility index (Phi) is 7.37. The molecule has 1 fully saturated rings. The molecular weight excluding hydrogens is 440 g/mol. The molecule has 0 aliphatic carbocycles. The number of non-ortho nitro benzene ring substituents is 1. The van der Waals surface area contributed by atoms with Gasteiger partial charge in [0, 0.05) is 25.1 Å². The lowest BCUT2D eigenvalue weighted by atomic mass is 10.2. The second-order valence-corrected chi connectivity index (χ2v) is 8.29. The van der Waals surface area contributed by atoms with E-state index in [1.165, 1.54) is 28.8 Å². The molecule has 0 aromatic heterocycles. The molecule has 1 amide bonds. The van der Waals surface area contributed by atoms with E-state index in [9.17, 15) is 19.7 Å². The zero-order chi connectivity index (χ0) is 22.4. The fourth-order valence-electron chi connectivity index (χ4n) is 2.77. The van der Waals surface area contributed by atoms with E-state index in [4.69, 9.17) is 22.1 Å². The number of nitro benzene ring substituents is 1. The third kappa shape index (κ3) is 6.12. The monoisotopic (exact) mass is 458 g/mol. The van der Waals surface area contributed by atoms with Crippen LogP contribution in [-0.2, 0) is 16.2 Å². The Morgan fingerprint density at radius 2 is 1.87 bits per heavy atom. The van der Waals surface area contributed by atoms with Crippen molar-refractivity contribution in [3.8, 4) is 5.75 Å². The van der Waals surface area contributed by atoms with Crippen LogP contribution in [0.1, 0.15) is 24.0 Å². The summed E-state index contributed by atoms with van der Waals surface area (Å²) in [5, 5.41) is 19.4. The van der Waals surface area contributed by atoms with Crippen LogP contribution in [0.15, 0.2) is 53.4 Å². The van der Waals surface area contributed by atoms with E-state index in [-0.39, 0.29) is 31.2 Å². The lowest BCUT2D eigenvalue weighted by Gasteiger charge is -2.13. The third-order valence-corrected chi connectivity index (χ3v) is 5.75. The van der Waals surface area contributed by atoms with Gasteiger partial charge in [-0.15, -0.1) is 0 Å². The van der Waals surface area contributed by atoms with Crippen LogP contribution in [0.2, 0.25) is 0 Å². The van der Waals surface area contributed by atoms with Crippen molar-refractivity contribution in [2.45, 2.75) is 19.4 Å². The summed E-state index contributed by atoms with van der Waals surface area (Å²) in [6.45, 7) is 0.552. The SMILES string of the molecule is O=C(O)CCCN1C(=O)C(=Cc2ccc(OCc3ccc([N+](=O)[O-])cc3)cc2)SC1=S. The molecular formula is C21H18N2O6S2. The van der Waals surface area contributed by atoms with Crippen LogP contribution in [0.5, 0.6) is 5.75 Å². The Balaban J connectivity index is 1.57. The number of hydrogen-bond acceptors (Lipinski definition) is 7. The minimum atomic E-state index is -0.906. The van der Waals surface area contributed by atoms with E-state index in [1.54, 1.807) is 30.3 Å². The number of nitrogens with zero attached hydrogens (tertiary/aromatic N) is 2. The summed E-state index contributed by atoms with van der Waals surface area (Å²) in [5.74, 6) is -0.507. The molecule has 0 bridgehead atoms. The van der Waals surface area contributed by atoms with E-state index in [1.807, 2.05) is 12.1 Å². The van der Waals surface area contributed by atoms with Crippen LogP contribution in [0, 0.1) is 10.1 Å². The number of carboxylic acids is 1. The van der Waals surface area contributed by atoms with E-state index in [0.717, 1.165) is 11.1 Å². The van der Waals surface area contributed by atoms with Gasteiger partial charge in [-0.2, -0.15) is 0 Å². The van der Waals surface area contributed by atoms with E-state index in [2.05, 4.69) is 0 Å². The first-order valence-corrected chi connectivity index (χ1v) is 10.5. The number of carboxylic acid groups (broad SMARTS) is 1. The van der Waals surface area contributed by atoms with Crippen molar-refractivity contribution in [2.75, 3.05) is 6.54 Å². The van der Waals surface area contributed by atoms with Crippen LogP contribution in [0.3, 0.4) is 0 Å². The standard InChI is InChI=1S/C21H18N2O6S2/c24-19(25)2-1-11-22-20(26)18(31-21(22)30)12-14-5-9-17(10-6-14)29-13-15-3-7-16(8-4-15)23(27)28/h3-10,12H,1-2,11,13H2,(H,24,25). The Bertz CT molecular complexity index is 1030. The van der Waals surface area contributed by atoms with Crippen molar-refractivity contribution in [3.05, 3.63) is 74.7 Å². The number of carbonyl (C=O) groups is 2. The van der Waals surface area contributed by atoms with Crippen LogP contribution in [-0.4, -0.2) is 37.7 Å². The molecule has 2 aromatic carbocycles. The number of thioether (sulfide) groups is 1. The Morgan fingerprint density at radius 1 is 1.19 bits per heavy atom. The molecule has 0 unspecified atom stereocenters. The van der Waals surface area contributed by atoms with Gasteiger partial charge in [-0.3, -0.25) is 24.6 Å². The first kappa shape index (κ1) is 22.4. The van der Waals surface area contributed by atoms with E-state index in [0.29, 0.717) is 21.4 Å². The number of hydrogen-bond donors (Lipinski definition) is 1. The van der Waals surface area contributed by atoms with Crippen LogP contribution in [0.25, 0.3) is 6.08 Å². The summed E-state index contributed by atoms with van der Waals surface area (Å²) in [4.78, 5) is 35.3. The number of benzene rings is 2. The van der Waals surface area contributed by atoms with Gasteiger partial charge < -0.3 is 9.84 Å². The summed E-state index contributed by atoms with van der Waals surface area (Å²) in [6, 6.07) is 13.3. The highest BCUT2D eigenvalue weighted by atomic mass is 32.2. The summed E-state index contributed by atoms with van der Waals surface area (Å²) in [5.41, 5.74) is 1.63. The zero-order valence-electron chi connectivity index (χ0n) is 16.2. The van der Waals surface area contributed by atoms with Crippen LogP contribution >= 0.6 is 24.0 Å². The number of aliphatic carboxylic acids is 1. The van der Waals surface area contributed by atoms with Gasteiger partial charge in [0.15, 0.2) is 0 Å². The molecule has 1 aliphatic heterocycles. The Hall–Kier alpha value is -3.24. The van der Waals surface area contributed by atoms with Gasteiger partial charge >= 0.3 is 5.97 Å². The topological polar surface area (TPSA) is 110 Å². The van der Waals surface area contributed by atoms with Gasteiger partial charge in [-0.1, -0.05) is 36.1 Å². The van der Waals surface area contributed by atoms with Crippen molar-refractivity contribution < 1.29 is 24.4 Å². The average molecular weight is 459 g/mol. The van der Waals surface area contributed by atoms with Crippen LogP contribution in [0.4, 0.5) is 5.69 Å². The smallest absolute Gasteiger partial charge is 0.303 e. The lowest BCUT2D eigenvalue weighted by molar-refractivity contribution is -0.384. The first-order chi connectivity index (χ1) is 14.8. The summed E-state index contributed by atoms with van der Waals surface area (Å²) in [7, 11) is 0. The fourth-order valence-corrected chi connectivity index (χ4v) is 4.08. The predicted octanol–water partition coefficient (Wildman–Crippen LogP) is 4.24. The number of rotatable bonds is 9. The maximum absolute atomic E-state index is 12.5. The molecule has 0 radical (unpaired) electrons. The molecule has 2 aromatic rings. The number of ether oxygens (including phenoxy) is 1. The highest BCUT2D eigenvalue weighted by Crippen LogP contribution is 2.33. The number of carbonyl (C=O) groups excluding carboxylic acids is 1. The number of amides is 1. The van der Waals surface area contributed by atoms with Crippen LogP contribution < -0.4 is 4.74 Å². The Morgan fingerprint density at radius 3 is 2.48 bits per heavy atom. The molecule has 1 aliphatic rings. The van der Waals surface area contributed by atoms with Gasteiger partial charge in [0.2, 0.25) is 0 Å². The van der Waals surface area contributed by atoms with Crippen molar-refractivity contribution in [1.29, 1.82) is 0 Å². The molecule has 1 saturated heterocycles. The molecule has 31 heavy (non-hydrogen) atoms. The van der Waals surface area contributed by atoms with Crippen molar-refractivity contribution in [2.24, 2.45) is 0 Å². The second-order valence-electron chi connectivity index (χ2n) is 6.61. The predicted molar refractivity (Wildman–Crippen MR) is 121 cm³/mol. The highest BCUT2D eigenvalue weighted by molar-refractivity contribution is 8.26. The highest BCUT2D eigenvalue weighted by Gasteiger charge is 2.31. The summed E-state index contributed by atoms with van der Waals surface area (Å²) < 4.78 is 6.12. The van der Waals surface area contributed by atoms with Gasteiger partial charge in [-0.25, -0.2) is 0 Å². The fraction of sp³-hybridized carbons (Fsp3) is 0.190. The minimum absolute atomic E-state index is 0.0164. The Labute approximate surface area is 187 Å². The van der Waals surface area contributed by atoms with Gasteiger partial charge in [0.25, 0.3) is 11.6 Å². The second kappa shape index (κ2) is 10.2. The summed E-state index contributed by atoms with van der Waals surface area (Å²) in [6.07, 6.45) is 2.06. The van der Waals surface area contributed by atoms with Gasteiger partial charge in [0.05, 0.1) is 9.83 Å². The maximum Gasteiger partial charge on any atom is 0.303 e. The third-order valence-electron chi connectivity index (χ3n) is 4.38. The molecule has 1 heterocycles. The minimum Gasteiger partial charge on any atom is -0.489 e. The summed E-state index contributed by atoms with van der Waals surface area (Å²) >= 11 is 6.43. The van der Waals surface area contributed by atoms with Crippen molar-refractivity contribution in [1.82, 2.24) is 4.90 Å². The van der Waals surface area contributed by atoms with E-state index >= 15 is 0 Å². The quantitative estimate of drug-likeness (QED) is 0.257. The molecule has 10 heteroatoms. The zero-order valence-corrected chi connectivity index (χ0v) is 17.9. The molecule has 8 nitrogen and oxygen atoms in total. The maximum atomic E-state index is 12.5. The average Bonchev–Trinajstić information content (AvgIpc) is 3.00. The van der Waals surface area contributed by atoms with E-state index < -0.39 is 10.9 Å². The largest absolute Gasteiger partial charge is 0.489 e. The van der Waals surface area contributed by atoms with Crippen molar-refractivity contribution in [3.63, 3.8) is 0 Å². The first-order valence-electron chi connectivity index (χ1n) is 9.27. The normalized spacial score (nSPS) is 14.8. The van der Waals surface area contributed by atoms with Gasteiger partial charge in [0.1, 0.15) is 16.7 Å².